The Kier molecular flexibility index (Phi) is 5.34. The number of hydrogen-bond donors (Lipinski definition) is 2. The zero-order valence-electron chi connectivity index (χ0n) is 14.9. The van der Waals surface area contributed by atoms with E-state index >= 15 is 0 Å². The van der Waals surface area contributed by atoms with E-state index in [4.69, 9.17) is 17.0 Å². The molecule has 6 heteroatoms. The first-order valence-electron chi connectivity index (χ1n) is 8.23. The van der Waals surface area contributed by atoms with E-state index in [0.717, 1.165) is 0 Å². The molecule has 0 fully saturated rings. The third-order valence-electron chi connectivity index (χ3n) is 4.15. The summed E-state index contributed by atoms with van der Waals surface area (Å²) in [5.41, 5.74) is 3.14. The van der Waals surface area contributed by atoms with Gasteiger partial charge in [-0.05, 0) is 36.8 Å². The number of hydrogen-bond acceptors (Lipinski definition) is 4. The van der Waals surface area contributed by atoms with Crippen molar-refractivity contribution in [2.75, 3.05) is 12.4 Å². The molecule has 3 rings (SSSR count). The number of carbonyl (C=O) groups excluding carboxylic acids is 1. The number of pyridine rings is 1. The minimum atomic E-state index is -0.313. The number of H-pyrrole nitrogens is 1. The van der Waals surface area contributed by atoms with Gasteiger partial charge in [0, 0.05) is 16.9 Å². The van der Waals surface area contributed by atoms with E-state index < -0.39 is 0 Å². The molecule has 0 saturated carbocycles. The summed E-state index contributed by atoms with van der Waals surface area (Å²) in [6.45, 7) is 1.77. The number of para-hydroxylation sites is 1. The number of nitrogens with one attached hydrogen (secondary N) is 2. The van der Waals surface area contributed by atoms with Crippen molar-refractivity contribution in [2.45, 2.75) is 6.92 Å². The van der Waals surface area contributed by atoms with Gasteiger partial charge in [-0.2, -0.15) is 5.26 Å². The second-order valence-electron chi connectivity index (χ2n) is 5.86. The van der Waals surface area contributed by atoms with Gasteiger partial charge in [0.15, 0.2) is 0 Å². The molecule has 3 aromatic rings. The first kappa shape index (κ1) is 18.4. The van der Waals surface area contributed by atoms with E-state index in [1.165, 1.54) is 0 Å². The van der Waals surface area contributed by atoms with E-state index in [2.05, 4.69) is 16.4 Å². The molecule has 1 amide bonds. The quantitative estimate of drug-likeness (QED) is 0.639. The van der Waals surface area contributed by atoms with Gasteiger partial charge in [0.2, 0.25) is 0 Å². The lowest BCUT2D eigenvalue weighted by molar-refractivity contribution is 0.102. The Bertz CT molecular complexity index is 1080. The van der Waals surface area contributed by atoms with Gasteiger partial charge < -0.3 is 15.0 Å². The van der Waals surface area contributed by atoms with E-state index in [1.807, 2.05) is 30.3 Å². The molecule has 27 heavy (non-hydrogen) atoms. The van der Waals surface area contributed by atoms with Gasteiger partial charge in [-0.1, -0.05) is 42.5 Å². The summed E-state index contributed by atoms with van der Waals surface area (Å²) in [6, 6.07) is 18.5. The summed E-state index contributed by atoms with van der Waals surface area (Å²) in [5, 5.41) is 12.5. The van der Waals surface area contributed by atoms with Crippen LogP contribution in [0.3, 0.4) is 0 Å². The zero-order valence-corrected chi connectivity index (χ0v) is 15.7. The van der Waals surface area contributed by atoms with Gasteiger partial charge in [-0.25, -0.2) is 0 Å². The second kappa shape index (κ2) is 7.85. The van der Waals surface area contributed by atoms with Crippen LogP contribution in [-0.4, -0.2) is 18.0 Å². The average molecular weight is 375 g/mol. The highest BCUT2D eigenvalue weighted by Gasteiger charge is 2.21. The molecule has 0 saturated heterocycles. The van der Waals surface area contributed by atoms with Crippen LogP contribution < -0.4 is 10.1 Å². The van der Waals surface area contributed by atoms with Crippen molar-refractivity contribution >= 4 is 23.8 Å². The minimum absolute atomic E-state index is 0.263. The Morgan fingerprint density at radius 2 is 1.81 bits per heavy atom. The summed E-state index contributed by atoms with van der Waals surface area (Å²) in [5.74, 6) is 0.373. The number of amides is 1. The normalized spacial score (nSPS) is 10.1. The van der Waals surface area contributed by atoms with Crippen molar-refractivity contribution < 1.29 is 9.53 Å². The van der Waals surface area contributed by atoms with Crippen LogP contribution in [0, 0.1) is 22.9 Å². The van der Waals surface area contributed by atoms with Crippen LogP contribution in [0.2, 0.25) is 0 Å². The Labute approximate surface area is 162 Å². The van der Waals surface area contributed by atoms with Crippen molar-refractivity contribution in [1.29, 1.82) is 5.26 Å². The largest absolute Gasteiger partial charge is 0.497 e. The van der Waals surface area contributed by atoms with E-state index in [-0.39, 0.29) is 11.5 Å². The molecule has 5 nitrogen and oxygen atoms in total. The Balaban J connectivity index is 2.19. The van der Waals surface area contributed by atoms with E-state index in [1.54, 1.807) is 38.3 Å². The summed E-state index contributed by atoms with van der Waals surface area (Å²) < 4.78 is 5.50. The fraction of sp³-hybridized carbons (Fsp3) is 0.0952. The van der Waals surface area contributed by atoms with Crippen LogP contribution in [0.25, 0.3) is 11.1 Å². The maximum absolute atomic E-state index is 13.0. The Morgan fingerprint density at radius 3 is 2.41 bits per heavy atom. The van der Waals surface area contributed by atoms with E-state index in [9.17, 15) is 10.1 Å². The molecule has 0 aliphatic heterocycles. The highest BCUT2D eigenvalue weighted by molar-refractivity contribution is 7.71. The number of aryl methyl sites for hydroxylation is 1. The molecule has 1 heterocycles. The maximum atomic E-state index is 13.0. The third-order valence-corrected chi connectivity index (χ3v) is 4.46. The number of aromatic nitrogens is 1. The number of nitriles is 1. The van der Waals surface area contributed by atoms with Crippen molar-refractivity contribution in [2.24, 2.45) is 0 Å². The number of methoxy groups -OCH3 is 1. The molecule has 0 radical (unpaired) electrons. The zero-order chi connectivity index (χ0) is 19.4. The van der Waals surface area contributed by atoms with E-state index in [0.29, 0.717) is 38.5 Å². The standard InChI is InChI=1S/C21H17N3O2S/c1-13-18(20(25)24-15-6-4-3-5-7-15)19(17(12-22)21(27)23-13)14-8-10-16(26-2)11-9-14/h3-11H,1-2H3,(H,23,27)(H,24,25). The molecule has 0 aliphatic carbocycles. The summed E-state index contributed by atoms with van der Waals surface area (Å²) in [4.78, 5) is 16.0. The van der Waals surface area contributed by atoms with Gasteiger partial charge in [-0.15, -0.1) is 0 Å². The maximum Gasteiger partial charge on any atom is 0.258 e. The molecule has 0 unspecified atom stereocenters. The van der Waals surface area contributed by atoms with Crippen LogP contribution in [0.1, 0.15) is 21.6 Å². The predicted octanol–water partition coefficient (Wildman–Crippen LogP) is 4.85. The second-order valence-corrected chi connectivity index (χ2v) is 6.27. The minimum Gasteiger partial charge on any atom is -0.497 e. The molecular weight excluding hydrogens is 358 g/mol. The number of ether oxygens (including phenoxy) is 1. The first-order chi connectivity index (χ1) is 13.0. The van der Waals surface area contributed by atoms with Crippen molar-refractivity contribution in [3.05, 3.63) is 76.1 Å². The third kappa shape index (κ3) is 3.73. The smallest absolute Gasteiger partial charge is 0.258 e. The summed E-state index contributed by atoms with van der Waals surface area (Å²) in [6.07, 6.45) is 0. The summed E-state index contributed by atoms with van der Waals surface area (Å²) >= 11 is 5.32. The lowest BCUT2D eigenvalue weighted by atomic mass is 9.94. The SMILES string of the molecule is COc1ccc(-c2c(C(=O)Nc3ccccc3)c(C)[nH]c(=S)c2C#N)cc1. The molecule has 134 valence electrons. The van der Waals surface area contributed by atoms with Gasteiger partial charge in [0.25, 0.3) is 5.91 Å². The van der Waals surface area contributed by atoms with Crippen molar-refractivity contribution in [1.82, 2.24) is 4.98 Å². The molecule has 0 aliphatic rings. The highest BCUT2D eigenvalue weighted by Crippen LogP contribution is 2.31. The fourth-order valence-corrected chi connectivity index (χ4v) is 3.17. The molecule has 2 aromatic carbocycles. The van der Waals surface area contributed by atoms with Gasteiger partial charge in [0.1, 0.15) is 16.5 Å². The van der Waals surface area contributed by atoms with Crippen molar-refractivity contribution in [3.63, 3.8) is 0 Å². The van der Waals surface area contributed by atoms with Gasteiger partial charge in [0.05, 0.1) is 18.2 Å². The number of rotatable bonds is 4. The molecule has 0 bridgehead atoms. The number of aromatic amines is 1. The van der Waals surface area contributed by atoms with Crippen LogP contribution >= 0.6 is 12.2 Å². The number of benzene rings is 2. The van der Waals surface area contributed by atoms with Crippen LogP contribution in [0.15, 0.2) is 54.6 Å². The summed E-state index contributed by atoms with van der Waals surface area (Å²) in [7, 11) is 1.58. The topological polar surface area (TPSA) is 77.9 Å². The monoisotopic (exact) mass is 375 g/mol. The predicted molar refractivity (Wildman–Crippen MR) is 107 cm³/mol. The van der Waals surface area contributed by atoms with Crippen LogP contribution in [0.5, 0.6) is 5.75 Å². The van der Waals surface area contributed by atoms with Crippen LogP contribution in [-0.2, 0) is 0 Å². The first-order valence-corrected chi connectivity index (χ1v) is 8.63. The number of nitrogens with zero attached hydrogens (tertiary/aromatic N) is 1. The van der Waals surface area contributed by atoms with Crippen molar-refractivity contribution in [3.8, 4) is 22.9 Å². The Hall–Kier alpha value is -3.43. The average Bonchev–Trinajstić information content (AvgIpc) is 2.68. The number of anilines is 1. The number of carbonyl (C=O) groups is 1. The molecule has 0 spiro atoms. The highest BCUT2D eigenvalue weighted by atomic mass is 32.1. The van der Waals surface area contributed by atoms with Gasteiger partial charge >= 0.3 is 0 Å². The lowest BCUT2D eigenvalue weighted by Gasteiger charge is -2.15. The Morgan fingerprint density at radius 1 is 1.15 bits per heavy atom. The molecule has 1 aromatic heterocycles. The van der Waals surface area contributed by atoms with Crippen LogP contribution in [0.4, 0.5) is 5.69 Å². The fourth-order valence-electron chi connectivity index (χ4n) is 2.87. The lowest BCUT2D eigenvalue weighted by Crippen LogP contribution is -2.16. The van der Waals surface area contributed by atoms with Gasteiger partial charge in [-0.3, -0.25) is 4.79 Å². The molecule has 0 atom stereocenters. The molecular formula is C21H17N3O2S. The molecule has 2 N–H and O–H groups in total.